The maximum absolute atomic E-state index is 12.7. The molecule has 1 fully saturated rings. The molecule has 44 heavy (non-hydrogen) atoms. The fraction of sp³-hybridized carbons (Fsp3) is 0.452. The van der Waals surface area contributed by atoms with E-state index in [1.54, 1.807) is 71.9 Å². The van der Waals surface area contributed by atoms with Gasteiger partial charge in [-0.3, -0.25) is 10.3 Å². The van der Waals surface area contributed by atoms with E-state index < -0.39 is 47.5 Å². The second kappa shape index (κ2) is 13.7. The predicted octanol–water partition coefficient (Wildman–Crippen LogP) is 3.94. The number of alkyl carbamates (subject to hydrolysis) is 1. The highest BCUT2D eigenvalue weighted by atomic mass is 16.6. The van der Waals surface area contributed by atoms with Gasteiger partial charge < -0.3 is 34.7 Å². The molecule has 13 nitrogen and oxygen atoms in total. The van der Waals surface area contributed by atoms with Crippen LogP contribution in [0.1, 0.15) is 63.0 Å². The first-order valence-electron chi connectivity index (χ1n) is 13.9. The molecule has 2 atom stereocenters. The van der Waals surface area contributed by atoms with Crippen molar-refractivity contribution in [3.63, 3.8) is 0 Å². The number of nitrogens with zero attached hydrogens (tertiary/aromatic N) is 1. The Kier molecular flexibility index (Phi) is 10.5. The second-order valence-electron chi connectivity index (χ2n) is 12.1. The van der Waals surface area contributed by atoms with Crippen molar-refractivity contribution >= 4 is 35.6 Å². The van der Waals surface area contributed by atoms with Gasteiger partial charge in [-0.2, -0.15) is 0 Å². The van der Waals surface area contributed by atoms with Crippen molar-refractivity contribution in [2.75, 3.05) is 25.2 Å². The first-order chi connectivity index (χ1) is 20.5. The summed E-state index contributed by atoms with van der Waals surface area (Å²) in [5.74, 6) is -1.09. The third-order valence-electron chi connectivity index (χ3n) is 6.07. The predicted molar refractivity (Wildman–Crippen MR) is 161 cm³/mol. The van der Waals surface area contributed by atoms with Gasteiger partial charge in [-0.25, -0.2) is 19.2 Å². The third-order valence-corrected chi connectivity index (χ3v) is 6.07. The molecule has 0 saturated carbocycles. The van der Waals surface area contributed by atoms with Crippen molar-refractivity contribution in [1.82, 2.24) is 5.32 Å². The Bertz CT molecular complexity index is 1390. The highest BCUT2D eigenvalue weighted by Crippen LogP contribution is 2.26. The standard InChI is InChI=1S/C31H40N4O9/c1-30(2,3)43-26(36)22-13-10-19(15-23(22)25(32)33)35-16-21(42-29(35)39)17-41-20-11-8-18(9-12-20)14-24(27(37)40-7)34-28(38)44-31(4,5)6/h8-13,15,21,24H,14,16-17H2,1-7H3,(H3,32,33)(H,34,38). The summed E-state index contributed by atoms with van der Waals surface area (Å²) in [5, 5.41) is 10.5. The summed E-state index contributed by atoms with van der Waals surface area (Å²) in [6.07, 6.45) is -1.78. The van der Waals surface area contributed by atoms with E-state index in [0.717, 1.165) is 5.56 Å². The Labute approximate surface area is 256 Å². The number of nitrogens with one attached hydrogen (secondary N) is 2. The van der Waals surface area contributed by atoms with Crippen LogP contribution in [-0.2, 0) is 30.2 Å². The van der Waals surface area contributed by atoms with Gasteiger partial charge in [0, 0.05) is 17.7 Å². The van der Waals surface area contributed by atoms with E-state index in [1.807, 2.05) is 0 Å². The molecular formula is C31H40N4O9. The molecule has 1 aliphatic rings. The number of esters is 2. The molecular weight excluding hydrogens is 572 g/mol. The van der Waals surface area contributed by atoms with Crippen molar-refractivity contribution in [3.8, 4) is 5.75 Å². The summed E-state index contributed by atoms with van der Waals surface area (Å²) < 4.78 is 26.8. The number of amidine groups is 1. The molecule has 1 aliphatic heterocycles. The van der Waals surface area contributed by atoms with E-state index in [4.69, 9.17) is 34.8 Å². The van der Waals surface area contributed by atoms with E-state index in [2.05, 4.69) is 5.32 Å². The van der Waals surface area contributed by atoms with Crippen LogP contribution in [0.3, 0.4) is 0 Å². The Morgan fingerprint density at radius 1 is 1.02 bits per heavy atom. The smallest absolute Gasteiger partial charge is 0.414 e. The minimum Gasteiger partial charge on any atom is -0.490 e. The number of carbonyl (C=O) groups is 4. The topological polar surface area (TPSA) is 180 Å². The average molecular weight is 613 g/mol. The number of ether oxygens (including phenoxy) is 5. The highest BCUT2D eigenvalue weighted by molar-refractivity contribution is 6.07. The van der Waals surface area contributed by atoms with E-state index in [-0.39, 0.29) is 36.5 Å². The lowest BCUT2D eigenvalue weighted by Crippen LogP contribution is -2.45. The van der Waals surface area contributed by atoms with Gasteiger partial charge in [-0.15, -0.1) is 0 Å². The molecule has 2 unspecified atom stereocenters. The number of hydrogen-bond donors (Lipinski definition) is 3. The summed E-state index contributed by atoms with van der Waals surface area (Å²) in [4.78, 5) is 51.1. The van der Waals surface area contributed by atoms with Gasteiger partial charge in [-0.05, 0) is 77.4 Å². The molecule has 1 saturated heterocycles. The number of amides is 2. The maximum atomic E-state index is 12.7. The fourth-order valence-electron chi connectivity index (χ4n) is 4.19. The molecule has 0 bridgehead atoms. The monoisotopic (exact) mass is 612 g/mol. The van der Waals surface area contributed by atoms with E-state index >= 15 is 0 Å². The largest absolute Gasteiger partial charge is 0.490 e. The zero-order chi connectivity index (χ0) is 32.8. The van der Waals surface area contributed by atoms with Crippen LogP contribution in [-0.4, -0.2) is 73.6 Å². The number of nitrogens with two attached hydrogens (primary N) is 1. The van der Waals surface area contributed by atoms with Crippen molar-refractivity contribution in [3.05, 3.63) is 59.2 Å². The molecule has 2 aromatic rings. The van der Waals surface area contributed by atoms with E-state index in [1.165, 1.54) is 24.1 Å². The molecule has 4 N–H and O–H groups in total. The van der Waals surface area contributed by atoms with E-state index in [9.17, 15) is 19.2 Å². The second-order valence-corrected chi connectivity index (χ2v) is 12.1. The maximum Gasteiger partial charge on any atom is 0.414 e. The highest BCUT2D eigenvalue weighted by Gasteiger charge is 2.34. The normalized spacial score (nSPS) is 15.6. The summed E-state index contributed by atoms with van der Waals surface area (Å²) in [5.41, 5.74) is 5.67. The Hall–Kier alpha value is -4.81. The number of rotatable bonds is 10. The molecule has 2 aromatic carbocycles. The molecule has 2 amide bonds. The van der Waals surface area contributed by atoms with Gasteiger partial charge in [0.15, 0.2) is 6.10 Å². The van der Waals surface area contributed by atoms with Gasteiger partial charge in [0.1, 0.15) is 35.4 Å². The zero-order valence-corrected chi connectivity index (χ0v) is 26.0. The Morgan fingerprint density at radius 2 is 1.66 bits per heavy atom. The molecule has 0 spiro atoms. The lowest BCUT2D eigenvalue weighted by molar-refractivity contribution is -0.143. The van der Waals surface area contributed by atoms with E-state index in [0.29, 0.717) is 11.4 Å². The number of cyclic esters (lactones) is 1. The molecule has 0 radical (unpaired) electrons. The molecule has 238 valence electrons. The van der Waals surface area contributed by atoms with Crippen molar-refractivity contribution in [1.29, 1.82) is 5.41 Å². The summed E-state index contributed by atoms with van der Waals surface area (Å²) in [6, 6.07) is 10.4. The van der Waals surface area contributed by atoms with Gasteiger partial charge in [0.2, 0.25) is 0 Å². The van der Waals surface area contributed by atoms with Crippen LogP contribution < -0.4 is 20.7 Å². The number of carbonyl (C=O) groups excluding carboxylic acids is 4. The minimum absolute atomic E-state index is 0.0577. The quantitative estimate of drug-likeness (QED) is 0.154. The lowest BCUT2D eigenvalue weighted by atomic mass is 10.0. The first-order valence-corrected chi connectivity index (χ1v) is 13.9. The van der Waals surface area contributed by atoms with Gasteiger partial charge in [-0.1, -0.05) is 12.1 Å². The number of nitrogen functional groups attached to an aromatic ring is 1. The Morgan fingerprint density at radius 3 is 2.23 bits per heavy atom. The van der Waals surface area contributed by atoms with Gasteiger partial charge >= 0.3 is 24.1 Å². The molecule has 1 heterocycles. The molecule has 0 aromatic heterocycles. The SMILES string of the molecule is COC(=O)C(Cc1ccc(OCC2CN(c3ccc(C(=O)OC(C)(C)C)c(C(=N)N)c3)C(=O)O2)cc1)NC(=O)OC(C)(C)C. The minimum atomic E-state index is -0.952. The van der Waals surface area contributed by atoms with Crippen LogP contribution in [0.25, 0.3) is 0 Å². The number of anilines is 1. The summed E-state index contributed by atoms with van der Waals surface area (Å²) in [6.45, 7) is 10.6. The molecule has 0 aliphatic carbocycles. The van der Waals surface area contributed by atoms with Crippen LogP contribution in [0, 0.1) is 5.41 Å². The lowest BCUT2D eigenvalue weighted by Gasteiger charge is -2.22. The zero-order valence-electron chi connectivity index (χ0n) is 26.0. The first kappa shape index (κ1) is 33.7. The fourth-order valence-corrected chi connectivity index (χ4v) is 4.19. The van der Waals surface area contributed by atoms with Crippen molar-refractivity contribution in [2.24, 2.45) is 5.73 Å². The van der Waals surface area contributed by atoms with Crippen LogP contribution in [0.5, 0.6) is 5.75 Å². The Balaban J connectivity index is 1.61. The van der Waals surface area contributed by atoms with Crippen molar-refractivity contribution < 1.29 is 42.9 Å². The summed E-state index contributed by atoms with van der Waals surface area (Å²) >= 11 is 0. The van der Waals surface area contributed by atoms with Crippen LogP contribution in [0.4, 0.5) is 15.3 Å². The third kappa shape index (κ3) is 9.61. The molecule has 3 rings (SSSR count). The number of hydrogen-bond acceptors (Lipinski definition) is 10. The number of benzene rings is 2. The van der Waals surface area contributed by atoms with Crippen molar-refractivity contribution in [2.45, 2.75) is 71.3 Å². The van der Waals surface area contributed by atoms with Gasteiger partial charge in [0.05, 0.1) is 19.2 Å². The molecule has 13 heteroatoms. The summed E-state index contributed by atoms with van der Waals surface area (Å²) in [7, 11) is 1.24. The average Bonchev–Trinajstić information content (AvgIpc) is 3.29. The van der Waals surface area contributed by atoms with Crippen LogP contribution in [0.2, 0.25) is 0 Å². The van der Waals surface area contributed by atoms with Crippen LogP contribution in [0.15, 0.2) is 42.5 Å². The number of methoxy groups -OCH3 is 1. The van der Waals surface area contributed by atoms with Crippen LogP contribution >= 0.6 is 0 Å². The van der Waals surface area contributed by atoms with Gasteiger partial charge in [0.25, 0.3) is 0 Å².